The maximum Gasteiger partial charge on any atom is 0.159 e. The molecule has 0 aliphatic rings. The third-order valence-electron chi connectivity index (χ3n) is 2.18. The number of aryl methyl sites for hydroxylation is 1. The second-order valence-corrected chi connectivity index (χ2v) is 3.55. The van der Waals surface area contributed by atoms with Gasteiger partial charge in [-0.3, -0.25) is 0 Å². The first kappa shape index (κ1) is 10.7. The fourth-order valence-corrected chi connectivity index (χ4v) is 1.49. The quantitative estimate of drug-likeness (QED) is 0.839. The zero-order chi connectivity index (χ0) is 11.5. The van der Waals surface area contributed by atoms with E-state index in [2.05, 4.69) is 9.97 Å². The molecule has 82 valence electrons. The van der Waals surface area contributed by atoms with Crippen LogP contribution in [0.1, 0.15) is 11.3 Å². The highest BCUT2D eigenvalue weighted by molar-refractivity contribution is 5.56. The van der Waals surface area contributed by atoms with Gasteiger partial charge in [-0.2, -0.15) is 0 Å². The minimum Gasteiger partial charge on any atom is -0.390 e. The molecule has 0 spiro atoms. The standard InChI is InChI=1S/C12H11FN2O/c1-8-4-9(6-10(13)5-8)12-14-3-2-11(7-16)15-12/h2-6,16H,7H2,1H3. The summed E-state index contributed by atoms with van der Waals surface area (Å²) in [5, 5.41) is 8.95. The molecule has 0 saturated heterocycles. The van der Waals surface area contributed by atoms with Crippen molar-refractivity contribution in [3.05, 3.63) is 47.5 Å². The topological polar surface area (TPSA) is 46.0 Å². The van der Waals surface area contributed by atoms with E-state index in [0.717, 1.165) is 5.56 Å². The molecule has 0 unspecified atom stereocenters. The van der Waals surface area contributed by atoms with Crippen LogP contribution in [0, 0.1) is 12.7 Å². The number of halogens is 1. The molecule has 4 heteroatoms. The van der Waals surface area contributed by atoms with E-state index in [1.165, 1.54) is 12.1 Å². The van der Waals surface area contributed by atoms with Crippen LogP contribution in [0.3, 0.4) is 0 Å². The van der Waals surface area contributed by atoms with Crippen molar-refractivity contribution in [2.45, 2.75) is 13.5 Å². The van der Waals surface area contributed by atoms with Gasteiger partial charge < -0.3 is 5.11 Å². The van der Waals surface area contributed by atoms with Gasteiger partial charge >= 0.3 is 0 Å². The lowest BCUT2D eigenvalue weighted by Crippen LogP contribution is -1.95. The largest absolute Gasteiger partial charge is 0.390 e. The number of hydrogen-bond donors (Lipinski definition) is 1. The average Bonchev–Trinajstić information content (AvgIpc) is 2.28. The van der Waals surface area contributed by atoms with Gasteiger partial charge in [0, 0.05) is 11.8 Å². The van der Waals surface area contributed by atoms with Crippen LogP contribution in [0.4, 0.5) is 4.39 Å². The first-order chi connectivity index (χ1) is 7.69. The molecule has 0 fully saturated rings. The summed E-state index contributed by atoms with van der Waals surface area (Å²) >= 11 is 0. The molecule has 0 bridgehead atoms. The number of hydrogen-bond acceptors (Lipinski definition) is 3. The van der Waals surface area contributed by atoms with Gasteiger partial charge in [0.2, 0.25) is 0 Å². The Balaban J connectivity index is 2.49. The smallest absolute Gasteiger partial charge is 0.159 e. The number of benzene rings is 1. The molecule has 2 aromatic rings. The maximum absolute atomic E-state index is 13.2. The molecule has 0 radical (unpaired) electrons. The van der Waals surface area contributed by atoms with Crippen LogP contribution in [0.2, 0.25) is 0 Å². The second kappa shape index (κ2) is 4.37. The Labute approximate surface area is 92.6 Å². The van der Waals surface area contributed by atoms with Crippen LogP contribution < -0.4 is 0 Å². The van der Waals surface area contributed by atoms with E-state index in [4.69, 9.17) is 5.11 Å². The Morgan fingerprint density at radius 1 is 1.31 bits per heavy atom. The minimum absolute atomic E-state index is 0.149. The number of nitrogens with zero attached hydrogens (tertiary/aromatic N) is 2. The molecular weight excluding hydrogens is 207 g/mol. The van der Waals surface area contributed by atoms with E-state index < -0.39 is 0 Å². The zero-order valence-electron chi connectivity index (χ0n) is 8.81. The van der Waals surface area contributed by atoms with E-state index in [1.54, 1.807) is 18.3 Å². The SMILES string of the molecule is Cc1cc(F)cc(-c2nccc(CO)n2)c1. The van der Waals surface area contributed by atoms with E-state index >= 15 is 0 Å². The predicted octanol–water partition coefficient (Wildman–Crippen LogP) is 2.08. The van der Waals surface area contributed by atoms with Gasteiger partial charge in [-0.1, -0.05) is 0 Å². The summed E-state index contributed by atoms with van der Waals surface area (Å²) in [6, 6.07) is 6.25. The van der Waals surface area contributed by atoms with Gasteiger partial charge in [-0.05, 0) is 36.8 Å². The molecule has 0 saturated carbocycles. The molecule has 2 rings (SSSR count). The summed E-state index contributed by atoms with van der Waals surface area (Å²) in [5.41, 5.74) is 1.95. The summed E-state index contributed by atoms with van der Waals surface area (Å²) in [4.78, 5) is 8.17. The summed E-state index contributed by atoms with van der Waals surface area (Å²) in [6.45, 7) is 1.66. The van der Waals surface area contributed by atoms with Crippen LogP contribution in [-0.4, -0.2) is 15.1 Å². The Hall–Kier alpha value is -1.81. The molecule has 1 aromatic heterocycles. The lowest BCUT2D eigenvalue weighted by atomic mass is 10.1. The number of rotatable bonds is 2. The number of aliphatic hydroxyl groups is 1. The van der Waals surface area contributed by atoms with Gasteiger partial charge in [-0.25, -0.2) is 14.4 Å². The molecule has 1 aromatic carbocycles. The second-order valence-electron chi connectivity index (χ2n) is 3.55. The highest BCUT2D eigenvalue weighted by Gasteiger charge is 2.04. The molecule has 16 heavy (non-hydrogen) atoms. The van der Waals surface area contributed by atoms with Crippen LogP contribution in [0.25, 0.3) is 11.4 Å². The number of aromatic nitrogens is 2. The third-order valence-corrected chi connectivity index (χ3v) is 2.18. The van der Waals surface area contributed by atoms with Crippen molar-refractivity contribution >= 4 is 0 Å². The summed E-state index contributed by atoms with van der Waals surface area (Å²) in [5.74, 6) is 0.113. The molecule has 0 aliphatic heterocycles. The highest BCUT2D eigenvalue weighted by atomic mass is 19.1. The molecule has 0 atom stereocenters. The summed E-state index contributed by atoms with van der Waals surface area (Å²) in [7, 11) is 0. The molecule has 3 nitrogen and oxygen atoms in total. The normalized spacial score (nSPS) is 10.4. The molecule has 0 aliphatic carbocycles. The van der Waals surface area contributed by atoms with Crippen molar-refractivity contribution in [2.24, 2.45) is 0 Å². The Morgan fingerprint density at radius 2 is 2.12 bits per heavy atom. The predicted molar refractivity (Wildman–Crippen MR) is 58.1 cm³/mol. The minimum atomic E-state index is -0.312. The lowest BCUT2D eigenvalue weighted by molar-refractivity contribution is 0.277. The average molecular weight is 218 g/mol. The van der Waals surface area contributed by atoms with E-state index in [0.29, 0.717) is 17.1 Å². The fraction of sp³-hybridized carbons (Fsp3) is 0.167. The molecule has 1 heterocycles. The van der Waals surface area contributed by atoms with Crippen molar-refractivity contribution in [1.29, 1.82) is 0 Å². The Kier molecular flexibility index (Phi) is 2.92. The highest BCUT2D eigenvalue weighted by Crippen LogP contribution is 2.18. The van der Waals surface area contributed by atoms with E-state index in [-0.39, 0.29) is 12.4 Å². The van der Waals surface area contributed by atoms with Gasteiger partial charge in [0.25, 0.3) is 0 Å². The summed E-state index contributed by atoms with van der Waals surface area (Å²) in [6.07, 6.45) is 1.55. The van der Waals surface area contributed by atoms with Crippen LogP contribution >= 0.6 is 0 Å². The van der Waals surface area contributed by atoms with Crippen LogP contribution in [-0.2, 0) is 6.61 Å². The Morgan fingerprint density at radius 3 is 2.81 bits per heavy atom. The van der Waals surface area contributed by atoms with Gasteiger partial charge in [0.05, 0.1) is 12.3 Å². The summed E-state index contributed by atoms with van der Waals surface area (Å²) < 4.78 is 13.2. The molecule has 0 amide bonds. The van der Waals surface area contributed by atoms with Gasteiger partial charge in [-0.15, -0.1) is 0 Å². The van der Waals surface area contributed by atoms with Crippen molar-refractivity contribution in [2.75, 3.05) is 0 Å². The van der Waals surface area contributed by atoms with E-state index in [1.807, 2.05) is 6.92 Å². The van der Waals surface area contributed by atoms with Crippen LogP contribution in [0.5, 0.6) is 0 Å². The molecule has 1 N–H and O–H groups in total. The maximum atomic E-state index is 13.2. The zero-order valence-corrected chi connectivity index (χ0v) is 8.81. The van der Waals surface area contributed by atoms with E-state index in [9.17, 15) is 4.39 Å². The van der Waals surface area contributed by atoms with Gasteiger partial charge in [0.1, 0.15) is 5.82 Å². The number of aliphatic hydroxyl groups excluding tert-OH is 1. The monoisotopic (exact) mass is 218 g/mol. The van der Waals surface area contributed by atoms with Crippen molar-refractivity contribution in [3.8, 4) is 11.4 Å². The third kappa shape index (κ3) is 2.23. The fourth-order valence-electron chi connectivity index (χ4n) is 1.49. The van der Waals surface area contributed by atoms with Crippen molar-refractivity contribution in [1.82, 2.24) is 9.97 Å². The van der Waals surface area contributed by atoms with Crippen molar-refractivity contribution < 1.29 is 9.50 Å². The van der Waals surface area contributed by atoms with Crippen molar-refractivity contribution in [3.63, 3.8) is 0 Å². The lowest BCUT2D eigenvalue weighted by Gasteiger charge is -2.03. The first-order valence-corrected chi connectivity index (χ1v) is 4.89. The molecular formula is C12H11FN2O. The van der Waals surface area contributed by atoms with Crippen LogP contribution in [0.15, 0.2) is 30.5 Å². The first-order valence-electron chi connectivity index (χ1n) is 4.89. The Bertz CT molecular complexity index is 494. The van der Waals surface area contributed by atoms with Gasteiger partial charge in [0.15, 0.2) is 5.82 Å².